The number of nitrogens with two attached hydrogens (primary N) is 1. The van der Waals surface area contributed by atoms with Gasteiger partial charge in [-0.2, -0.15) is 0 Å². The van der Waals surface area contributed by atoms with E-state index in [9.17, 15) is 0 Å². The molecule has 0 spiro atoms. The van der Waals surface area contributed by atoms with Gasteiger partial charge in [0.1, 0.15) is 5.75 Å². The minimum absolute atomic E-state index is 0.102. The third kappa shape index (κ3) is 3.65. The summed E-state index contributed by atoms with van der Waals surface area (Å²) in [6, 6.07) is 8.31. The van der Waals surface area contributed by atoms with E-state index in [2.05, 4.69) is 26.0 Å². The maximum absolute atomic E-state index is 6.18. The van der Waals surface area contributed by atoms with E-state index in [1.54, 1.807) is 7.11 Å². The molecule has 1 aliphatic rings. The number of thioether (sulfide) groups is 1. The lowest BCUT2D eigenvalue weighted by Crippen LogP contribution is -2.26. The first-order chi connectivity index (χ1) is 9.11. The molecule has 2 N–H and O–H groups in total. The standard InChI is InChI=1S/C15H23NO2S/c1-10(16)15(19-14-7-8-18-11(14)2)12-5-4-6-13(9-12)17-3/h4-6,9-11,14-15H,7-8,16H2,1-3H3. The fourth-order valence-corrected chi connectivity index (χ4v) is 3.86. The third-order valence-electron chi connectivity index (χ3n) is 3.53. The number of methoxy groups -OCH3 is 1. The van der Waals surface area contributed by atoms with E-state index < -0.39 is 0 Å². The van der Waals surface area contributed by atoms with Crippen LogP contribution in [-0.4, -0.2) is 31.1 Å². The Hall–Kier alpha value is -0.710. The van der Waals surface area contributed by atoms with Crippen molar-refractivity contribution in [3.63, 3.8) is 0 Å². The van der Waals surface area contributed by atoms with E-state index in [0.717, 1.165) is 18.8 Å². The van der Waals surface area contributed by atoms with Crippen molar-refractivity contribution < 1.29 is 9.47 Å². The summed E-state index contributed by atoms with van der Waals surface area (Å²) < 4.78 is 10.9. The van der Waals surface area contributed by atoms with Gasteiger partial charge in [-0.25, -0.2) is 0 Å². The Morgan fingerprint density at radius 2 is 2.26 bits per heavy atom. The van der Waals surface area contributed by atoms with Gasteiger partial charge < -0.3 is 15.2 Å². The normalized spacial score (nSPS) is 26.1. The highest BCUT2D eigenvalue weighted by Gasteiger charge is 2.29. The van der Waals surface area contributed by atoms with Crippen molar-refractivity contribution in [2.45, 2.75) is 42.9 Å². The zero-order chi connectivity index (χ0) is 13.8. The summed E-state index contributed by atoms with van der Waals surface area (Å²) in [6.45, 7) is 5.08. The lowest BCUT2D eigenvalue weighted by Gasteiger charge is -2.25. The van der Waals surface area contributed by atoms with Crippen LogP contribution >= 0.6 is 11.8 Å². The molecule has 3 nitrogen and oxygen atoms in total. The van der Waals surface area contributed by atoms with Crippen molar-refractivity contribution in [1.82, 2.24) is 0 Å². The minimum atomic E-state index is 0.102. The van der Waals surface area contributed by atoms with E-state index in [1.165, 1.54) is 5.56 Å². The molecule has 0 bridgehead atoms. The summed E-state index contributed by atoms with van der Waals surface area (Å²) in [6.07, 6.45) is 1.43. The largest absolute Gasteiger partial charge is 0.497 e. The zero-order valence-corrected chi connectivity index (χ0v) is 12.7. The van der Waals surface area contributed by atoms with Crippen LogP contribution in [0.5, 0.6) is 5.75 Å². The van der Waals surface area contributed by atoms with Crippen molar-refractivity contribution in [3.8, 4) is 5.75 Å². The Morgan fingerprint density at radius 1 is 1.47 bits per heavy atom. The number of rotatable bonds is 5. The van der Waals surface area contributed by atoms with Crippen LogP contribution in [0, 0.1) is 0 Å². The van der Waals surface area contributed by atoms with Crippen LogP contribution in [-0.2, 0) is 4.74 Å². The first kappa shape index (κ1) is 14.7. The second kappa shape index (κ2) is 6.64. The zero-order valence-electron chi connectivity index (χ0n) is 11.8. The molecule has 1 aromatic carbocycles. The molecule has 1 aromatic rings. The monoisotopic (exact) mass is 281 g/mol. The molecular weight excluding hydrogens is 258 g/mol. The summed E-state index contributed by atoms with van der Waals surface area (Å²) in [4.78, 5) is 0. The predicted octanol–water partition coefficient (Wildman–Crippen LogP) is 2.99. The molecule has 0 aliphatic carbocycles. The van der Waals surface area contributed by atoms with E-state index >= 15 is 0 Å². The third-order valence-corrected chi connectivity index (χ3v) is 5.49. The van der Waals surface area contributed by atoms with Crippen LogP contribution in [0.1, 0.15) is 31.1 Å². The van der Waals surface area contributed by atoms with Gasteiger partial charge in [-0.15, -0.1) is 11.8 Å². The molecule has 0 aromatic heterocycles. The Bertz CT molecular complexity index is 411. The van der Waals surface area contributed by atoms with Crippen molar-refractivity contribution in [1.29, 1.82) is 0 Å². The number of ether oxygens (including phenoxy) is 2. The SMILES string of the molecule is COc1cccc(C(SC2CCOC2C)C(C)N)c1. The highest BCUT2D eigenvalue weighted by atomic mass is 32.2. The summed E-state index contributed by atoms with van der Waals surface area (Å²) in [7, 11) is 1.69. The molecule has 4 heteroatoms. The van der Waals surface area contributed by atoms with Crippen LogP contribution in [0.25, 0.3) is 0 Å². The highest BCUT2D eigenvalue weighted by molar-refractivity contribution is 8.00. The Labute approximate surface area is 119 Å². The molecule has 2 rings (SSSR count). The molecule has 0 saturated carbocycles. The molecule has 0 radical (unpaired) electrons. The number of hydrogen-bond acceptors (Lipinski definition) is 4. The molecule has 19 heavy (non-hydrogen) atoms. The summed E-state index contributed by atoms with van der Waals surface area (Å²) in [5.41, 5.74) is 7.42. The predicted molar refractivity (Wildman–Crippen MR) is 80.8 cm³/mol. The Morgan fingerprint density at radius 3 is 2.84 bits per heavy atom. The van der Waals surface area contributed by atoms with Gasteiger partial charge in [0.05, 0.1) is 13.2 Å². The average Bonchev–Trinajstić information content (AvgIpc) is 2.81. The average molecular weight is 281 g/mol. The van der Waals surface area contributed by atoms with Gasteiger partial charge in [-0.1, -0.05) is 12.1 Å². The summed E-state index contributed by atoms with van der Waals surface area (Å²) in [5, 5.41) is 0.812. The van der Waals surface area contributed by atoms with Crippen LogP contribution < -0.4 is 10.5 Å². The highest BCUT2D eigenvalue weighted by Crippen LogP contribution is 2.40. The van der Waals surface area contributed by atoms with E-state index in [-0.39, 0.29) is 11.3 Å². The fourth-order valence-electron chi connectivity index (χ4n) is 2.40. The topological polar surface area (TPSA) is 44.5 Å². The van der Waals surface area contributed by atoms with Crippen molar-refractivity contribution in [2.24, 2.45) is 5.73 Å². The minimum Gasteiger partial charge on any atom is -0.497 e. The molecule has 106 valence electrons. The number of benzene rings is 1. The van der Waals surface area contributed by atoms with Crippen LogP contribution in [0.4, 0.5) is 0 Å². The van der Waals surface area contributed by atoms with Gasteiger partial charge in [0.2, 0.25) is 0 Å². The fraction of sp³-hybridized carbons (Fsp3) is 0.600. The Kier molecular flexibility index (Phi) is 5.13. The van der Waals surface area contributed by atoms with Gasteiger partial charge in [0, 0.05) is 23.1 Å². The number of hydrogen-bond donors (Lipinski definition) is 1. The second-order valence-corrected chi connectivity index (χ2v) is 6.48. The summed E-state index contributed by atoms with van der Waals surface area (Å²) in [5.74, 6) is 0.888. The summed E-state index contributed by atoms with van der Waals surface area (Å²) >= 11 is 1.94. The molecule has 4 atom stereocenters. The molecular formula is C15H23NO2S. The maximum atomic E-state index is 6.18. The van der Waals surface area contributed by atoms with Crippen molar-refractivity contribution >= 4 is 11.8 Å². The first-order valence-electron chi connectivity index (χ1n) is 6.78. The maximum Gasteiger partial charge on any atom is 0.119 e. The van der Waals surface area contributed by atoms with Gasteiger partial charge in [0.15, 0.2) is 0 Å². The van der Waals surface area contributed by atoms with Crippen LogP contribution in [0.15, 0.2) is 24.3 Å². The van der Waals surface area contributed by atoms with E-state index in [1.807, 2.05) is 23.9 Å². The molecule has 1 heterocycles. The lowest BCUT2D eigenvalue weighted by molar-refractivity contribution is 0.127. The lowest BCUT2D eigenvalue weighted by atomic mass is 10.1. The molecule has 1 aliphatic heterocycles. The molecule has 1 saturated heterocycles. The van der Waals surface area contributed by atoms with Crippen molar-refractivity contribution in [3.05, 3.63) is 29.8 Å². The molecule has 1 fully saturated rings. The molecule has 0 amide bonds. The first-order valence-corrected chi connectivity index (χ1v) is 7.72. The smallest absolute Gasteiger partial charge is 0.119 e. The quantitative estimate of drug-likeness (QED) is 0.901. The van der Waals surface area contributed by atoms with E-state index in [4.69, 9.17) is 15.2 Å². The van der Waals surface area contributed by atoms with Crippen molar-refractivity contribution in [2.75, 3.05) is 13.7 Å². The Balaban J connectivity index is 2.14. The van der Waals surface area contributed by atoms with Crippen LogP contribution in [0.3, 0.4) is 0 Å². The van der Waals surface area contributed by atoms with Gasteiger partial charge in [-0.05, 0) is 38.0 Å². The second-order valence-electron chi connectivity index (χ2n) is 5.10. The van der Waals surface area contributed by atoms with Gasteiger partial charge >= 0.3 is 0 Å². The van der Waals surface area contributed by atoms with E-state index in [0.29, 0.717) is 11.4 Å². The van der Waals surface area contributed by atoms with Gasteiger partial charge in [0.25, 0.3) is 0 Å². The molecule has 4 unspecified atom stereocenters. The van der Waals surface area contributed by atoms with Crippen LogP contribution in [0.2, 0.25) is 0 Å². The van der Waals surface area contributed by atoms with Gasteiger partial charge in [-0.3, -0.25) is 0 Å².